The summed E-state index contributed by atoms with van der Waals surface area (Å²) in [6.45, 7) is 0. The zero-order valence-corrected chi connectivity index (χ0v) is 24.2. The van der Waals surface area contributed by atoms with Gasteiger partial charge < -0.3 is 0 Å². The maximum Gasteiger partial charge on any atom is -0.00928 e. The van der Waals surface area contributed by atoms with Gasteiger partial charge in [-0.2, -0.15) is 0 Å². The lowest BCUT2D eigenvalue weighted by Crippen LogP contribution is -1.86. The molecule has 0 aliphatic rings. The van der Waals surface area contributed by atoms with E-state index in [2.05, 4.69) is 170 Å². The smallest absolute Gasteiger partial charge is 0.00928 e. The van der Waals surface area contributed by atoms with Gasteiger partial charge in [-0.3, -0.25) is 0 Å². The highest BCUT2D eigenvalue weighted by Gasteiger charge is 2.10. The van der Waals surface area contributed by atoms with E-state index in [4.69, 9.17) is 0 Å². The predicted molar refractivity (Wildman–Crippen MR) is 190 cm³/mol. The molecule has 9 rings (SSSR count). The minimum absolute atomic E-state index is 1.23. The minimum Gasteiger partial charge on any atom is -0.0616 e. The number of fused-ring (bicyclic) bond motifs is 8. The standard InChI is InChI=1S/C44H28/c1-2-10-37-32(8-1)9-7-15-38(37)35-23-21-31-20-22-33(26-36(31)27-35)29-16-18-30(19-17-29)34-24-25-43-41-13-4-3-11-39(41)40-12-5-6-14-42(40)44(43)28-34/h1-28H. The van der Waals surface area contributed by atoms with E-state index >= 15 is 0 Å². The Balaban J connectivity index is 1.10. The lowest BCUT2D eigenvalue weighted by Gasteiger charge is -2.12. The SMILES string of the molecule is c1ccc2c(-c3ccc4ccc(-c5ccc(-c6ccc7c8ccccc8c8ccccc8c7c6)cc5)cc4c3)cccc2c1. The molecule has 0 radical (unpaired) electrons. The van der Waals surface area contributed by atoms with Gasteiger partial charge in [0, 0.05) is 0 Å². The van der Waals surface area contributed by atoms with Crippen LogP contribution >= 0.6 is 0 Å². The first-order valence-electron chi connectivity index (χ1n) is 15.3. The number of hydrogen-bond acceptors (Lipinski definition) is 0. The second-order valence-electron chi connectivity index (χ2n) is 11.7. The zero-order chi connectivity index (χ0) is 29.0. The Bertz CT molecular complexity index is 2490. The van der Waals surface area contributed by atoms with Gasteiger partial charge in [-0.1, -0.05) is 152 Å². The van der Waals surface area contributed by atoms with Crippen LogP contribution in [0.25, 0.3) is 87.2 Å². The van der Waals surface area contributed by atoms with Crippen LogP contribution in [0.5, 0.6) is 0 Å². The average Bonchev–Trinajstić information content (AvgIpc) is 3.11. The molecule has 44 heavy (non-hydrogen) atoms. The monoisotopic (exact) mass is 556 g/mol. The Morgan fingerprint density at radius 1 is 0.205 bits per heavy atom. The molecular formula is C44H28. The Morgan fingerprint density at radius 2 is 0.659 bits per heavy atom. The van der Waals surface area contributed by atoms with Crippen LogP contribution in [0.15, 0.2) is 170 Å². The van der Waals surface area contributed by atoms with Gasteiger partial charge in [-0.15, -0.1) is 0 Å². The predicted octanol–water partition coefficient (Wildman–Crippen LogP) is 12.5. The molecule has 0 heterocycles. The summed E-state index contributed by atoms with van der Waals surface area (Å²) in [6.07, 6.45) is 0. The molecule has 0 aromatic heterocycles. The highest BCUT2D eigenvalue weighted by molar-refractivity contribution is 6.25. The van der Waals surface area contributed by atoms with E-state index in [1.807, 2.05) is 0 Å². The number of benzene rings is 9. The molecule has 204 valence electrons. The summed E-state index contributed by atoms with van der Waals surface area (Å²) in [5.41, 5.74) is 7.45. The van der Waals surface area contributed by atoms with Crippen molar-refractivity contribution >= 4 is 53.9 Å². The van der Waals surface area contributed by atoms with Crippen LogP contribution in [0.2, 0.25) is 0 Å². The van der Waals surface area contributed by atoms with E-state index in [0.29, 0.717) is 0 Å². The van der Waals surface area contributed by atoms with Gasteiger partial charge in [0.25, 0.3) is 0 Å². The molecule has 0 aliphatic heterocycles. The largest absolute Gasteiger partial charge is 0.0616 e. The Hall–Kier alpha value is -5.72. The highest BCUT2D eigenvalue weighted by atomic mass is 14.1. The Morgan fingerprint density at radius 3 is 1.34 bits per heavy atom. The fourth-order valence-electron chi connectivity index (χ4n) is 7.01. The van der Waals surface area contributed by atoms with Crippen LogP contribution in [-0.4, -0.2) is 0 Å². The van der Waals surface area contributed by atoms with Crippen LogP contribution < -0.4 is 0 Å². The summed E-state index contributed by atoms with van der Waals surface area (Å²) in [4.78, 5) is 0. The first-order chi connectivity index (χ1) is 21.8. The number of rotatable bonds is 3. The second kappa shape index (κ2) is 9.93. The van der Waals surface area contributed by atoms with Crippen molar-refractivity contribution < 1.29 is 0 Å². The fraction of sp³-hybridized carbons (Fsp3) is 0. The van der Waals surface area contributed by atoms with Gasteiger partial charge in [-0.25, -0.2) is 0 Å². The topological polar surface area (TPSA) is 0 Å². The molecule has 0 unspecified atom stereocenters. The molecule has 0 spiro atoms. The van der Waals surface area contributed by atoms with Gasteiger partial charge in [-0.05, 0) is 105 Å². The van der Waals surface area contributed by atoms with Crippen LogP contribution in [0.4, 0.5) is 0 Å². The summed E-state index contributed by atoms with van der Waals surface area (Å²) >= 11 is 0. The zero-order valence-electron chi connectivity index (χ0n) is 24.2. The van der Waals surface area contributed by atoms with Crippen molar-refractivity contribution in [3.63, 3.8) is 0 Å². The third-order valence-corrected chi connectivity index (χ3v) is 9.24. The molecule has 9 aromatic rings. The summed E-state index contributed by atoms with van der Waals surface area (Å²) < 4.78 is 0. The lowest BCUT2D eigenvalue weighted by molar-refractivity contribution is 1.61. The molecule has 0 N–H and O–H groups in total. The van der Waals surface area contributed by atoms with Gasteiger partial charge in [0.2, 0.25) is 0 Å². The van der Waals surface area contributed by atoms with Gasteiger partial charge in [0.1, 0.15) is 0 Å². The van der Waals surface area contributed by atoms with Crippen molar-refractivity contribution in [2.45, 2.75) is 0 Å². The van der Waals surface area contributed by atoms with Crippen molar-refractivity contribution in [3.05, 3.63) is 170 Å². The highest BCUT2D eigenvalue weighted by Crippen LogP contribution is 2.38. The Labute approximate surface area is 256 Å². The van der Waals surface area contributed by atoms with Crippen molar-refractivity contribution in [2.75, 3.05) is 0 Å². The third kappa shape index (κ3) is 4.00. The molecule has 0 saturated carbocycles. The fourth-order valence-corrected chi connectivity index (χ4v) is 7.01. The van der Waals surface area contributed by atoms with Crippen LogP contribution in [-0.2, 0) is 0 Å². The lowest BCUT2D eigenvalue weighted by atomic mass is 9.91. The van der Waals surface area contributed by atoms with E-state index < -0.39 is 0 Å². The molecule has 0 aliphatic carbocycles. The molecule has 9 aromatic carbocycles. The maximum atomic E-state index is 2.37. The molecule has 0 saturated heterocycles. The second-order valence-corrected chi connectivity index (χ2v) is 11.7. The van der Waals surface area contributed by atoms with E-state index in [-0.39, 0.29) is 0 Å². The van der Waals surface area contributed by atoms with Crippen molar-refractivity contribution in [1.29, 1.82) is 0 Å². The molecule has 0 heteroatoms. The first kappa shape index (κ1) is 24.8. The van der Waals surface area contributed by atoms with E-state index in [9.17, 15) is 0 Å². The summed E-state index contributed by atoms with van der Waals surface area (Å²) in [6, 6.07) is 62.3. The third-order valence-electron chi connectivity index (χ3n) is 9.24. The molecule has 0 atom stereocenters. The molecule has 0 fully saturated rings. The first-order valence-corrected chi connectivity index (χ1v) is 15.3. The quantitative estimate of drug-likeness (QED) is 0.190. The summed E-state index contributed by atoms with van der Waals surface area (Å²) in [7, 11) is 0. The van der Waals surface area contributed by atoms with Gasteiger partial charge in [0.05, 0.1) is 0 Å². The molecule has 0 amide bonds. The van der Waals surface area contributed by atoms with Crippen molar-refractivity contribution in [2.24, 2.45) is 0 Å². The minimum atomic E-state index is 1.23. The van der Waals surface area contributed by atoms with Crippen LogP contribution in [0.1, 0.15) is 0 Å². The average molecular weight is 557 g/mol. The molecular weight excluding hydrogens is 528 g/mol. The number of hydrogen-bond donors (Lipinski definition) is 0. The summed E-state index contributed by atoms with van der Waals surface area (Å²) in [5, 5.41) is 12.9. The normalized spacial score (nSPS) is 11.6. The van der Waals surface area contributed by atoms with E-state index in [0.717, 1.165) is 0 Å². The van der Waals surface area contributed by atoms with Crippen LogP contribution in [0.3, 0.4) is 0 Å². The van der Waals surface area contributed by atoms with E-state index in [1.54, 1.807) is 0 Å². The van der Waals surface area contributed by atoms with E-state index in [1.165, 1.54) is 87.2 Å². The molecule has 0 bridgehead atoms. The molecule has 0 nitrogen and oxygen atoms in total. The maximum absolute atomic E-state index is 2.37. The summed E-state index contributed by atoms with van der Waals surface area (Å²) in [5.74, 6) is 0. The van der Waals surface area contributed by atoms with Crippen LogP contribution in [0, 0.1) is 0 Å². The Kier molecular flexibility index (Phi) is 5.61. The van der Waals surface area contributed by atoms with Gasteiger partial charge in [0.15, 0.2) is 0 Å². The van der Waals surface area contributed by atoms with Gasteiger partial charge >= 0.3 is 0 Å². The van der Waals surface area contributed by atoms with Crippen molar-refractivity contribution in [3.8, 4) is 33.4 Å². The van der Waals surface area contributed by atoms with Crippen molar-refractivity contribution in [1.82, 2.24) is 0 Å².